The molecular weight excluding hydrogens is 428 g/mol. The molecule has 2 atom stereocenters. The van der Waals surface area contributed by atoms with Gasteiger partial charge in [0.2, 0.25) is 5.91 Å². The van der Waals surface area contributed by atoms with Crippen LogP contribution in [0, 0.1) is 5.92 Å². The molecule has 1 aliphatic carbocycles. The van der Waals surface area contributed by atoms with Crippen LogP contribution in [0.4, 0.5) is 15.5 Å². The van der Waals surface area contributed by atoms with Crippen LogP contribution in [0.5, 0.6) is 0 Å². The number of fused-ring (bicyclic) bond motifs is 1. The summed E-state index contributed by atoms with van der Waals surface area (Å²) in [6, 6.07) is 3.69. The summed E-state index contributed by atoms with van der Waals surface area (Å²) in [7, 11) is 0. The number of alkyl carbamates (subject to hydrolysis) is 1. The summed E-state index contributed by atoms with van der Waals surface area (Å²) < 4.78 is 10.9. The van der Waals surface area contributed by atoms with Gasteiger partial charge in [0.1, 0.15) is 5.00 Å². The number of nitrogens with one attached hydrogen (secondary N) is 2. The van der Waals surface area contributed by atoms with Crippen molar-refractivity contribution in [2.45, 2.75) is 38.2 Å². The number of hydrogen-bond acceptors (Lipinski definition) is 7. The average Bonchev–Trinajstić information content (AvgIpc) is 3.44. The lowest BCUT2D eigenvalue weighted by molar-refractivity contribution is -0.111. The van der Waals surface area contributed by atoms with Crippen molar-refractivity contribution >= 4 is 40.1 Å². The maximum atomic E-state index is 12.3. The van der Waals surface area contributed by atoms with Crippen LogP contribution in [0.1, 0.15) is 35.3 Å². The predicted molar refractivity (Wildman–Crippen MR) is 124 cm³/mol. The van der Waals surface area contributed by atoms with Crippen LogP contribution in [0.15, 0.2) is 30.6 Å². The fourth-order valence-electron chi connectivity index (χ4n) is 3.96. The standard InChI is InChI=1S/C23H28N4O4S/c24-21-18-7-5-16(14-31-23(29)26-13-17-4-2-10-30-17)11-19(18)32-22(21)27-20(28)8-6-15-3-1-9-25-12-15/h1,3,6,8-9,12,16-17H,2,4-5,7,10-11,13-14,24H2,(H,26,29)(H,27,28)/b8-6+. The number of thiophene rings is 1. The summed E-state index contributed by atoms with van der Waals surface area (Å²) in [5, 5.41) is 6.34. The third-order valence-corrected chi connectivity index (χ3v) is 6.89. The summed E-state index contributed by atoms with van der Waals surface area (Å²) in [4.78, 5) is 29.4. The van der Waals surface area contributed by atoms with Crippen molar-refractivity contribution in [3.8, 4) is 0 Å². The molecule has 1 fully saturated rings. The van der Waals surface area contributed by atoms with Crippen LogP contribution in [-0.4, -0.2) is 42.8 Å². The maximum Gasteiger partial charge on any atom is 0.407 e. The van der Waals surface area contributed by atoms with Gasteiger partial charge in [-0.15, -0.1) is 11.3 Å². The van der Waals surface area contributed by atoms with Crippen molar-refractivity contribution in [2.24, 2.45) is 5.92 Å². The average molecular weight is 457 g/mol. The third-order valence-electron chi connectivity index (χ3n) is 5.70. The summed E-state index contributed by atoms with van der Waals surface area (Å²) in [5.74, 6) is 0.00463. The number of pyridine rings is 1. The minimum absolute atomic E-state index is 0.0988. The molecule has 2 aliphatic rings. The molecule has 4 N–H and O–H groups in total. The number of rotatable bonds is 7. The van der Waals surface area contributed by atoms with Gasteiger partial charge in [0.15, 0.2) is 0 Å². The second kappa shape index (κ2) is 10.6. The van der Waals surface area contributed by atoms with Crippen molar-refractivity contribution in [1.82, 2.24) is 10.3 Å². The van der Waals surface area contributed by atoms with Gasteiger partial charge in [0.05, 0.1) is 18.4 Å². The summed E-state index contributed by atoms with van der Waals surface area (Å²) >= 11 is 1.50. The first-order valence-corrected chi connectivity index (χ1v) is 11.7. The normalized spacial score (nSPS) is 20.1. The number of hydrogen-bond donors (Lipinski definition) is 3. The first-order valence-electron chi connectivity index (χ1n) is 10.9. The number of anilines is 2. The molecule has 1 saturated heterocycles. The third kappa shape index (κ3) is 5.86. The van der Waals surface area contributed by atoms with E-state index in [-0.39, 0.29) is 17.9 Å². The highest BCUT2D eigenvalue weighted by Gasteiger charge is 2.26. The molecule has 0 radical (unpaired) electrons. The number of amides is 2. The zero-order valence-corrected chi connectivity index (χ0v) is 18.7. The predicted octanol–water partition coefficient (Wildman–Crippen LogP) is 3.39. The highest BCUT2D eigenvalue weighted by Crippen LogP contribution is 2.41. The molecule has 9 heteroatoms. The molecule has 0 saturated carbocycles. The number of ether oxygens (including phenoxy) is 2. The lowest BCUT2D eigenvalue weighted by Gasteiger charge is -2.22. The summed E-state index contributed by atoms with van der Waals surface area (Å²) in [6.07, 6.45) is 10.8. The van der Waals surface area contributed by atoms with Gasteiger partial charge in [-0.3, -0.25) is 9.78 Å². The van der Waals surface area contributed by atoms with E-state index < -0.39 is 6.09 Å². The van der Waals surface area contributed by atoms with E-state index in [0.29, 0.717) is 23.8 Å². The van der Waals surface area contributed by atoms with Crippen LogP contribution < -0.4 is 16.4 Å². The molecule has 3 heterocycles. The van der Waals surface area contributed by atoms with Gasteiger partial charge in [-0.2, -0.15) is 0 Å². The van der Waals surface area contributed by atoms with Crippen molar-refractivity contribution < 1.29 is 19.1 Å². The van der Waals surface area contributed by atoms with E-state index in [0.717, 1.165) is 54.7 Å². The number of nitrogens with zero attached hydrogens (tertiary/aromatic N) is 1. The molecule has 170 valence electrons. The van der Waals surface area contributed by atoms with E-state index in [9.17, 15) is 9.59 Å². The first kappa shape index (κ1) is 22.3. The lowest BCUT2D eigenvalue weighted by Crippen LogP contribution is -2.33. The Morgan fingerprint density at radius 1 is 1.38 bits per heavy atom. The van der Waals surface area contributed by atoms with Crippen molar-refractivity contribution in [1.29, 1.82) is 0 Å². The molecule has 0 aromatic carbocycles. The fourth-order valence-corrected chi connectivity index (χ4v) is 5.25. The van der Waals surface area contributed by atoms with Crippen LogP contribution in [0.3, 0.4) is 0 Å². The molecule has 2 amide bonds. The molecule has 0 spiro atoms. The number of nitrogens with two attached hydrogens (primary N) is 1. The van der Waals surface area contributed by atoms with E-state index in [1.54, 1.807) is 18.5 Å². The van der Waals surface area contributed by atoms with Gasteiger partial charge >= 0.3 is 6.09 Å². The Kier molecular flexibility index (Phi) is 7.39. The molecule has 32 heavy (non-hydrogen) atoms. The van der Waals surface area contributed by atoms with Crippen molar-refractivity contribution in [3.63, 3.8) is 0 Å². The maximum absolute atomic E-state index is 12.3. The Bertz CT molecular complexity index is 970. The molecular formula is C23H28N4O4S. The quantitative estimate of drug-likeness (QED) is 0.550. The van der Waals surface area contributed by atoms with E-state index in [1.807, 2.05) is 12.1 Å². The lowest BCUT2D eigenvalue weighted by atomic mass is 9.89. The van der Waals surface area contributed by atoms with E-state index >= 15 is 0 Å². The minimum atomic E-state index is -0.398. The van der Waals surface area contributed by atoms with E-state index in [4.69, 9.17) is 15.2 Å². The zero-order valence-electron chi connectivity index (χ0n) is 17.8. The minimum Gasteiger partial charge on any atom is -0.449 e. The van der Waals surface area contributed by atoms with Gasteiger partial charge in [-0.1, -0.05) is 6.07 Å². The highest BCUT2D eigenvalue weighted by molar-refractivity contribution is 7.17. The van der Waals surface area contributed by atoms with Gasteiger partial charge in [0.25, 0.3) is 0 Å². The molecule has 2 unspecified atom stereocenters. The Morgan fingerprint density at radius 3 is 3.06 bits per heavy atom. The number of carbonyl (C=O) groups excluding carboxylic acids is 2. The van der Waals surface area contributed by atoms with Crippen LogP contribution >= 0.6 is 11.3 Å². The topological polar surface area (TPSA) is 116 Å². The van der Waals surface area contributed by atoms with Gasteiger partial charge in [0, 0.05) is 36.5 Å². The van der Waals surface area contributed by atoms with Gasteiger partial charge in [-0.25, -0.2) is 4.79 Å². The second-order valence-corrected chi connectivity index (χ2v) is 9.18. The Morgan fingerprint density at radius 2 is 2.28 bits per heavy atom. The zero-order chi connectivity index (χ0) is 22.3. The Labute approximate surface area is 191 Å². The second-order valence-electron chi connectivity index (χ2n) is 8.08. The molecule has 2 aromatic heterocycles. The Hall–Kier alpha value is -2.91. The fraction of sp³-hybridized carbons (Fsp3) is 0.435. The highest BCUT2D eigenvalue weighted by atomic mass is 32.1. The van der Waals surface area contributed by atoms with Gasteiger partial charge in [-0.05, 0) is 61.3 Å². The summed E-state index contributed by atoms with van der Waals surface area (Å²) in [6.45, 7) is 1.62. The smallest absolute Gasteiger partial charge is 0.407 e. The van der Waals surface area contributed by atoms with Crippen molar-refractivity contribution in [2.75, 3.05) is 30.8 Å². The largest absolute Gasteiger partial charge is 0.449 e. The SMILES string of the molecule is Nc1c(NC(=O)/C=C/c2cccnc2)sc2c1CCC(COC(=O)NCC1CCCO1)C2. The van der Waals surface area contributed by atoms with Crippen LogP contribution in [-0.2, 0) is 27.1 Å². The number of carbonyl (C=O) groups is 2. The summed E-state index contributed by atoms with van der Waals surface area (Å²) in [5.41, 5.74) is 8.89. The monoisotopic (exact) mass is 456 g/mol. The molecule has 2 aromatic rings. The van der Waals surface area contributed by atoms with E-state index in [1.165, 1.54) is 17.4 Å². The van der Waals surface area contributed by atoms with Crippen molar-refractivity contribution in [3.05, 3.63) is 46.6 Å². The van der Waals surface area contributed by atoms with Crippen LogP contribution in [0.25, 0.3) is 6.08 Å². The Balaban J connectivity index is 1.26. The molecule has 4 rings (SSSR count). The molecule has 1 aliphatic heterocycles. The number of aromatic nitrogens is 1. The molecule has 0 bridgehead atoms. The van der Waals surface area contributed by atoms with Crippen LogP contribution in [0.2, 0.25) is 0 Å². The van der Waals surface area contributed by atoms with Gasteiger partial charge < -0.3 is 25.8 Å². The number of nitrogen functional groups attached to an aromatic ring is 1. The van der Waals surface area contributed by atoms with E-state index in [2.05, 4.69) is 15.6 Å². The molecule has 8 nitrogen and oxygen atoms in total. The first-order chi connectivity index (χ1) is 15.6.